The predicted octanol–water partition coefficient (Wildman–Crippen LogP) is 2.12. The first-order valence-corrected chi connectivity index (χ1v) is 7.33. The van der Waals surface area contributed by atoms with E-state index in [4.69, 9.17) is 5.73 Å². The predicted molar refractivity (Wildman–Crippen MR) is 84.7 cm³/mol. The van der Waals surface area contributed by atoms with Crippen LogP contribution in [-0.4, -0.2) is 30.3 Å². The van der Waals surface area contributed by atoms with Crippen LogP contribution in [0.15, 0.2) is 24.3 Å². The second kappa shape index (κ2) is 9.13. The quantitative estimate of drug-likeness (QED) is 0.720. The van der Waals surface area contributed by atoms with Crippen molar-refractivity contribution < 1.29 is 9.59 Å². The van der Waals surface area contributed by atoms with Crippen molar-refractivity contribution in [1.29, 1.82) is 0 Å². The Hall–Kier alpha value is -1.88. The Kier molecular flexibility index (Phi) is 7.46. The zero-order chi connectivity index (χ0) is 15.7. The first kappa shape index (κ1) is 17.2. The number of benzene rings is 1. The van der Waals surface area contributed by atoms with Crippen LogP contribution in [0, 0.1) is 0 Å². The number of carbonyl (C=O) groups is 2. The second-order valence-corrected chi connectivity index (χ2v) is 5.22. The lowest BCUT2D eigenvalue weighted by Crippen LogP contribution is -2.23. The molecule has 5 nitrogen and oxygen atoms in total. The maximum absolute atomic E-state index is 11.8. The van der Waals surface area contributed by atoms with E-state index in [0.29, 0.717) is 19.5 Å². The lowest BCUT2D eigenvalue weighted by atomic mass is 10.1. The van der Waals surface area contributed by atoms with Crippen LogP contribution in [0.2, 0.25) is 0 Å². The zero-order valence-corrected chi connectivity index (χ0v) is 12.9. The van der Waals surface area contributed by atoms with Crippen molar-refractivity contribution in [3.63, 3.8) is 0 Å². The first-order valence-electron chi connectivity index (χ1n) is 7.33. The molecule has 1 aromatic rings. The highest BCUT2D eigenvalue weighted by Crippen LogP contribution is 2.13. The van der Waals surface area contributed by atoms with E-state index in [1.54, 1.807) is 11.9 Å². The van der Waals surface area contributed by atoms with Gasteiger partial charge >= 0.3 is 0 Å². The van der Waals surface area contributed by atoms with Crippen molar-refractivity contribution in [3.8, 4) is 0 Å². The van der Waals surface area contributed by atoms with Crippen molar-refractivity contribution in [2.75, 3.05) is 18.9 Å². The molecule has 1 rings (SSSR count). The maximum atomic E-state index is 11.8. The molecule has 0 atom stereocenters. The van der Waals surface area contributed by atoms with Gasteiger partial charge in [-0.25, -0.2) is 0 Å². The minimum atomic E-state index is 0.0177. The summed E-state index contributed by atoms with van der Waals surface area (Å²) in [5.41, 5.74) is 7.18. The van der Waals surface area contributed by atoms with E-state index >= 15 is 0 Å². The third kappa shape index (κ3) is 6.90. The number of hydrogen-bond donors (Lipinski definition) is 2. The van der Waals surface area contributed by atoms with Gasteiger partial charge in [-0.3, -0.25) is 9.59 Å². The molecule has 0 aliphatic rings. The van der Waals surface area contributed by atoms with Crippen molar-refractivity contribution in [2.45, 2.75) is 39.2 Å². The third-order valence-electron chi connectivity index (χ3n) is 3.28. The maximum Gasteiger partial charge on any atom is 0.224 e. The number of anilines is 1. The molecule has 2 amide bonds. The summed E-state index contributed by atoms with van der Waals surface area (Å²) >= 11 is 0. The van der Waals surface area contributed by atoms with E-state index in [-0.39, 0.29) is 11.8 Å². The Labute approximate surface area is 126 Å². The van der Waals surface area contributed by atoms with Crippen LogP contribution < -0.4 is 11.1 Å². The fourth-order valence-corrected chi connectivity index (χ4v) is 1.96. The molecule has 0 radical (unpaired) electrons. The van der Waals surface area contributed by atoms with Crippen molar-refractivity contribution in [1.82, 2.24) is 4.90 Å². The molecule has 116 valence electrons. The van der Waals surface area contributed by atoms with E-state index in [1.165, 1.54) is 6.92 Å². The molecule has 0 unspecified atom stereocenters. The van der Waals surface area contributed by atoms with E-state index in [1.807, 2.05) is 24.3 Å². The van der Waals surface area contributed by atoms with Crippen LogP contribution >= 0.6 is 0 Å². The van der Waals surface area contributed by atoms with Gasteiger partial charge in [0.2, 0.25) is 11.8 Å². The molecule has 0 aliphatic heterocycles. The van der Waals surface area contributed by atoms with Gasteiger partial charge in [-0.2, -0.15) is 0 Å². The Morgan fingerprint density at radius 2 is 2.00 bits per heavy atom. The summed E-state index contributed by atoms with van der Waals surface area (Å²) in [6, 6.07) is 7.58. The standard InChI is InChI=1S/C16H25N3O2/c1-13(20)19(2)12-14-7-6-8-15(11-14)18-16(21)9-4-3-5-10-17/h6-8,11H,3-5,9-10,12,17H2,1-2H3,(H,18,21). The zero-order valence-electron chi connectivity index (χ0n) is 12.9. The summed E-state index contributed by atoms with van der Waals surface area (Å²) in [5.74, 6) is 0.0356. The lowest BCUT2D eigenvalue weighted by molar-refractivity contribution is -0.128. The molecule has 0 bridgehead atoms. The summed E-state index contributed by atoms with van der Waals surface area (Å²) in [6.07, 6.45) is 3.31. The number of nitrogens with two attached hydrogens (primary N) is 1. The third-order valence-corrected chi connectivity index (χ3v) is 3.28. The van der Waals surface area contributed by atoms with E-state index in [0.717, 1.165) is 30.5 Å². The van der Waals surface area contributed by atoms with E-state index < -0.39 is 0 Å². The normalized spacial score (nSPS) is 10.2. The molecule has 0 saturated carbocycles. The minimum absolute atomic E-state index is 0.0177. The fourth-order valence-electron chi connectivity index (χ4n) is 1.96. The lowest BCUT2D eigenvalue weighted by Gasteiger charge is -2.15. The van der Waals surface area contributed by atoms with Crippen LogP contribution in [0.1, 0.15) is 38.2 Å². The Morgan fingerprint density at radius 3 is 2.67 bits per heavy atom. The summed E-state index contributed by atoms with van der Waals surface area (Å²) in [6.45, 7) is 2.75. The number of rotatable bonds is 8. The average molecular weight is 291 g/mol. The van der Waals surface area contributed by atoms with Gasteiger partial charge in [0.05, 0.1) is 0 Å². The van der Waals surface area contributed by atoms with Gasteiger partial charge in [0.25, 0.3) is 0 Å². The van der Waals surface area contributed by atoms with Gasteiger partial charge in [-0.15, -0.1) is 0 Å². The smallest absolute Gasteiger partial charge is 0.224 e. The topological polar surface area (TPSA) is 75.4 Å². The van der Waals surface area contributed by atoms with Gasteiger partial charge in [-0.1, -0.05) is 18.6 Å². The van der Waals surface area contributed by atoms with Gasteiger partial charge < -0.3 is 16.0 Å². The van der Waals surface area contributed by atoms with Crippen LogP contribution in [0.3, 0.4) is 0 Å². The summed E-state index contributed by atoms with van der Waals surface area (Å²) < 4.78 is 0. The molecule has 0 spiro atoms. The molecule has 0 aromatic heterocycles. The molecule has 3 N–H and O–H groups in total. The molecule has 0 aliphatic carbocycles. The number of carbonyl (C=O) groups excluding carboxylic acids is 2. The molecular formula is C16H25N3O2. The molecule has 1 aromatic carbocycles. The van der Waals surface area contributed by atoms with Gasteiger partial charge in [0, 0.05) is 32.6 Å². The summed E-state index contributed by atoms with van der Waals surface area (Å²) in [5, 5.41) is 2.89. The number of unbranched alkanes of at least 4 members (excludes halogenated alkanes) is 2. The molecule has 0 fully saturated rings. The fraction of sp³-hybridized carbons (Fsp3) is 0.500. The second-order valence-electron chi connectivity index (χ2n) is 5.22. The molecule has 0 heterocycles. The highest BCUT2D eigenvalue weighted by Gasteiger charge is 2.06. The van der Waals surface area contributed by atoms with Crippen LogP contribution in [0.25, 0.3) is 0 Å². The molecular weight excluding hydrogens is 266 g/mol. The minimum Gasteiger partial charge on any atom is -0.342 e. The monoisotopic (exact) mass is 291 g/mol. The van der Waals surface area contributed by atoms with Crippen LogP contribution in [-0.2, 0) is 16.1 Å². The van der Waals surface area contributed by atoms with E-state index in [9.17, 15) is 9.59 Å². The first-order chi connectivity index (χ1) is 10.0. The van der Waals surface area contributed by atoms with Crippen molar-refractivity contribution in [2.24, 2.45) is 5.73 Å². The Morgan fingerprint density at radius 1 is 1.24 bits per heavy atom. The van der Waals surface area contributed by atoms with Crippen LogP contribution in [0.4, 0.5) is 5.69 Å². The highest BCUT2D eigenvalue weighted by atomic mass is 16.2. The van der Waals surface area contributed by atoms with Gasteiger partial charge in [0.1, 0.15) is 0 Å². The number of nitrogens with one attached hydrogen (secondary N) is 1. The Bertz CT molecular complexity index is 474. The summed E-state index contributed by atoms with van der Waals surface area (Å²) in [7, 11) is 1.75. The van der Waals surface area contributed by atoms with Gasteiger partial charge in [-0.05, 0) is 37.1 Å². The van der Waals surface area contributed by atoms with Crippen molar-refractivity contribution in [3.05, 3.63) is 29.8 Å². The molecule has 0 saturated heterocycles. The number of amides is 2. The highest BCUT2D eigenvalue weighted by molar-refractivity contribution is 5.90. The Balaban J connectivity index is 2.48. The summed E-state index contributed by atoms with van der Waals surface area (Å²) in [4.78, 5) is 24.7. The number of hydrogen-bond acceptors (Lipinski definition) is 3. The SMILES string of the molecule is CC(=O)N(C)Cc1cccc(NC(=O)CCCCCN)c1. The molecule has 5 heteroatoms. The van der Waals surface area contributed by atoms with E-state index in [2.05, 4.69) is 5.32 Å². The largest absolute Gasteiger partial charge is 0.342 e. The van der Waals surface area contributed by atoms with Crippen LogP contribution in [0.5, 0.6) is 0 Å². The van der Waals surface area contributed by atoms with Crippen molar-refractivity contribution >= 4 is 17.5 Å². The average Bonchev–Trinajstić information content (AvgIpc) is 2.44. The van der Waals surface area contributed by atoms with Gasteiger partial charge in [0.15, 0.2) is 0 Å². The number of nitrogens with zero attached hydrogens (tertiary/aromatic N) is 1. The molecule has 21 heavy (non-hydrogen) atoms.